The second-order valence-corrected chi connectivity index (χ2v) is 5.44. The lowest BCUT2D eigenvalue weighted by molar-refractivity contribution is -0.163. The second kappa shape index (κ2) is 5.33. The average molecular weight is 261 g/mol. The zero-order chi connectivity index (χ0) is 14.0. The van der Waals surface area contributed by atoms with Crippen LogP contribution in [0.1, 0.15) is 37.8 Å². The SMILES string of the molecule is CCC(=O)OC1(c2ccccc2C)CCN(C)C1C. The Bertz CT molecular complexity index is 472. The van der Waals surface area contributed by atoms with Crippen molar-refractivity contribution in [1.82, 2.24) is 4.90 Å². The molecule has 1 heterocycles. The van der Waals surface area contributed by atoms with Crippen LogP contribution in [0.25, 0.3) is 0 Å². The van der Waals surface area contributed by atoms with E-state index in [1.54, 1.807) is 0 Å². The van der Waals surface area contributed by atoms with Crippen LogP contribution in [0.4, 0.5) is 0 Å². The Morgan fingerprint density at radius 1 is 1.47 bits per heavy atom. The van der Waals surface area contributed by atoms with Crippen molar-refractivity contribution < 1.29 is 9.53 Å². The summed E-state index contributed by atoms with van der Waals surface area (Å²) in [6, 6.07) is 8.42. The summed E-state index contributed by atoms with van der Waals surface area (Å²) in [6.45, 7) is 7.02. The van der Waals surface area contributed by atoms with Crippen LogP contribution < -0.4 is 0 Å². The molecule has 2 rings (SSSR count). The van der Waals surface area contributed by atoms with Gasteiger partial charge in [0.15, 0.2) is 5.60 Å². The lowest BCUT2D eigenvalue weighted by Crippen LogP contribution is -2.43. The Kier molecular flexibility index (Phi) is 3.95. The minimum absolute atomic E-state index is 0.120. The molecular formula is C16H23NO2. The minimum atomic E-state index is -0.493. The predicted molar refractivity (Wildman–Crippen MR) is 75.9 cm³/mol. The van der Waals surface area contributed by atoms with E-state index in [0.29, 0.717) is 6.42 Å². The van der Waals surface area contributed by atoms with Crippen LogP contribution in [-0.2, 0) is 15.1 Å². The Balaban J connectivity index is 2.46. The highest BCUT2D eigenvalue weighted by atomic mass is 16.6. The van der Waals surface area contributed by atoms with Gasteiger partial charge < -0.3 is 4.74 Å². The number of likely N-dealkylation sites (tertiary alicyclic amines) is 1. The molecule has 0 N–H and O–H groups in total. The smallest absolute Gasteiger partial charge is 0.306 e. The number of carbonyl (C=O) groups is 1. The van der Waals surface area contributed by atoms with Gasteiger partial charge in [0.2, 0.25) is 0 Å². The summed E-state index contributed by atoms with van der Waals surface area (Å²) in [5.41, 5.74) is 1.84. The molecule has 3 heteroatoms. The van der Waals surface area contributed by atoms with Crippen LogP contribution in [0.3, 0.4) is 0 Å². The summed E-state index contributed by atoms with van der Waals surface area (Å²) in [5, 5.41) is 0. The molecule has 104 valence electrons. The van der Waals surface area contributed by atoms with Gasteiger partial charge in [-0.1, -0.05) is 31.2 Å². The molecule has 2 unspecified atom stereocenters. The van der Waals surface area contributed by atoms with Crippen LogP contribution in [0.15, 0.2) is 24.3 Å². The molecule has 0 aliphatic carbocycles. The van der Waals surface area contributed by atoms with Gasteiger partial charge in [0, 0.05) is 24.9 Å². The number of hydrogen-bond donors (Lipinski definition) is 0. The van der Waals surface area contributed by atoms with E-state index in [9.17, 15) is 4.79 Å². The number of aryl methyl sites for hydroxylation is 1. The van der Waals surface area contributed by atoms with Crippen LogP contribution in [0, 0.1) is 6.92 Å². The van der Waals surface area contributed by atoms with Crippen molar-refractivity contribution in [3.63, 3.8) is 0 Å². The van der Waals surface area contributed by atoms with Gasteiger partial charge in [-0.05, 0) is 26.5 Å². The molecule has 0 amide bonds. The van der Waals surface area contributed by atoms with Crippen molar-refractivity contribution in [2.24, 2.45) is 0 Å². The fourth-order valence-corrected chi connectivity index (χ4v) is 2.97. The van der Waals surface area contributed by atoms with Crippen LogP contribution in [0.2, 0.25) is 0 Å². The Morgan fingerprint density at radius 2 is 2.16 bits per heavy atom. The Morgan fingerprint density at radius 3 is 2.68 bits per heavy atom. The summed E-state index contributed by atoms with van der Waals surface area (Å²) >= 11 is 0. The number of benzene rings is 1. The van der Waals surface area contributed by atoms with Gasteiger partial charge in [-0.25, -0.2) is 0 Å². The third-order valence-electron chi connectivity index (χ3n) is 4.36. The van der Waals surface area contributed by atoms with E-state index in [-0.39, 0.29) is 12.0 Å². The summed E-state index contributed by atoms with van der Waals surface area (Å²) in [6.07, 6.45) is 1.28. The molecule has 1 aromatic carbocycles. The molecule has 0 aromatic heterocycles. The molecule has 0 bridgehead atoms. The first-order valence-electron chi connectivity index (χ1n) is 6.99. The van der Waals surface area contributed by atoms with Crippen LogP contribution in [-0.4, -0.2) is 30.5 Å². The fourth-order valence-electron chi connectivity index (χ4n) is 2.97. The maximum Gasteiger partial charge on any atom is 0.306 e. The molecule has 19 heavy (non-hydrogen) atoms. The molecule has 1 aromatic rings. The maximum absolute atomic E-state index is 11.9. The van der Waals surface area contributed by atoms with Gasteiger partial charge in [0.1, 0.15) is 0 Å². The molecule has 1 fully saturated rings. The van der Waals surface area contributed by atoms with Crippen LogP contribution in [0.5, 0.6) is 0 Å². The lowest BCUT2D eigenvalue weighted by Gasteiger charge is -2.36. The standard InChI is InChI=1S/C16H23NO2/c1-5-15(18)19-16(10-11-17(4)13(16)3)14-9-7-6-8-12(14)2/h6-9,13H,5,10-11H2,1-4H3. The molecular weight excluding hydrogens is 238 g/mol. The van der Waals surface area contributed by atoms with Gasteiger partial charge >= 0.3 is 5.97 Å². The van der Waals surface area contributed by atoms with Crippen LogP contribution >= 0.6 is 0 Å². The average Bonchev–Trinajstić information content (AvgIpc) is 2.68. The van der Waals surface area contributed by atoms with Crippen molar-refractivity contribution in [1.29, 1.82) is 0 Å². The topological polar surface area (TPSA) is 29.5 Å². The molecule has 2 atom stereocenters. The quantitative estimate of drug-likeness (QED) is 0.784. The molecule has 1 aliphatic heterocycles. The van der Waals surface area contributed by atoms with Gasteiger partial charge in [-0.2, -0.15) is 0 Å². The minimum Gasteiger partial charge on any atom is -0.452 e. The largest absolute Gasteiger partial charge is 0.452 e. The third-order valence-corrected chi connectivity index (χ3v) is 4.36. The van der Waals surface area contributed by atoms with E-state index in [2.05, 4.69) is 37.9 Å². The van der Waals surface area contributed by atoms with Crippen molar-refractivity contribution >= 4 is 5.97 Å². The number of esters is 1. The van der Waals surface area contributed by atoms with E-state index in [4.69, 9.17) is 4.74 Å². The normalized spacial score (nSPS) is 27.5. The zero-order valence-corrected chi connectivity index (χ0v) is 12.3. The lowest BCUT2D eigenvalue weighted by atomic mass is 9.84. The molecule has 0 radical (unpaired) electrons. The van der Waals surface area contributed by atoms with Crippen molar-refractivity contribution in [3.05, 3.63) is 35.4 Å². The summed E-state index contributed by atoms with van der Waals surface area (Å²) < 4.78 is 5.92. The molecule has 1 aliphatic rings. The van der Waals surface area contributed by atoms with Gasteiger partial charge in [-0.15, -0.1) is 0 Å². The summed E-state index contributed by atoms with van der Waals surface area (Å²) in [4.78, 5) is 14.1. The van der Waals surface area contributed by atoms with Crippen molar-refractivity contribution in [2.45, 2.75) is 45.3 Å². The van der Waals surface area contributed by atoms with Crippen molar-refractivity contribution in [3.8, 4) is 0 Å². The van der Waals surface area contributed by atoms with E-state index in [1.165, 1.54) is 5.56 Å². The van der Waals surface area contributed by atoms with Gasteiger partial charge in [-0.3, -0.25) is 9.69 Å². The first kappa shape index (κ1) is 14.1. The molecule has 0 spiro atoms. The fraction of sp³-hybridized carbons (Fsp3) is 0.562. The van der Waals surface area contributed by atoms with Gasteiger partial charge in [0.05, 0.1) is 6.04 Å². The highest BCUT2D eigenvalue weighted by Gasteiger charge is 2.48. The molecule has 0 saturated carbocycles. The predicted octanol–water partition coefficient (Wildman–Crippen LogP) is 2.87. The van der Waals surface area contributed by atoms with E-state index < -0.39 is 5.60 Å². The zero-order valence-electron chi connectivity index (χ0n) is 12.3. The summed E-state index contributed by atoms with van der Waals surface area (Å²) in [5.74, 6) is -0.120. The first-order valence-corrected chi connectivity index (χ1v) is 6.99. The van der Waals surface area contributed by atoms with Gasteiger partial charge in [0.25, 0.3) is 0 Å². The number of carbonyl (C=O) groups excluding carboxylic acids is 1. The summed E-state index contributed by atoms with van der Waals surface area (Å²) in [7, 11) is 2.09. The number of ether oxygens (including phenoxy) is 1. The maximum atomic E-state index is 11.9. The Hall–Kier alpha value is -1.35. The highest BCUT2D eigenvalue weighted by Crippen LogP contribution is 2.42. The number of nitrogens with zero attached hydrogens (tertiary/aromatic N) is 1. The van der Waals surface area contributed by atoms with E-state index in [0.717, 1.165) is 18.5 Å². The molecule has 3 nitrogen and oxygen atoms in total. The first-order chi connectivity index (χ1) is 9.01. The number of likely N-dealkylation sites (N-methyl/N-ethyl adjacent to an activating group) is 1. The highest BCUT2D eigenvalue weighted by molar-refractivity contribution is 5.70. The Labute approximate surface area is 115 Å². The van der Waals surface area contributed by atoms with Crippen molar-refractivity contribution in [2.75, 3.05) is 13.6 Å². The number of hydrogen-bond acceptors (Lipinski definition) is 3. The monoisotopic (exact) mass is 261 g/mol. The van der Waals surface area contributed by atoms with E-state index >= 15 is 0 Å². The number of rotatable bonds is 3. The molecule has 1 saturated heterocycles. The second-order valence-electron chi connectivity index (χ2n) is 5.44. The van der Waals surface area contributed by atoms with E-state index in [1.807, 2.05) is 19.1 Å². The third kappa shape index (κ3) is 2.39.